The van der Waals surface area contributed by atoms with E-state index in [0.717, 1.165) is 0 Å². The van der Waals surface area contributed by atoms with E-state index in [9.17, 15) is 4.79 Å². The van der Waals surface area contributed by atoms with Gasteiger partial charge in [-0.1, -0.05) is 23.2 Å². The Hall–Kier alpha value is -2.33. The predicted molar refractivity (Wildman–Crippen MR) is 81.2 cm³/mol. The Morgan fingerprint density at radius 3 is 2.67 bits per heavy atom. The number of carbonyl (C=O) groups excluding carboxylic acids is 1. The third-order valence-electron chi connectivity index (χ3n) is 2.55. The lowest BCUT2D eigenvalue weighted by molar-refractivity contribution is 0.102. The van der Waals surface area contributed by atoms with Crippen molar-refractivity contribution in [2.24, 2.45) is 5.84 Å². The molecule has 0 saturated heterocycles. The quantitative estimate of drug-likeness (QED) is 0.458. The van der Waals surface area contributed by atoms with Crippen molar-refractivity contribution in [1.29, 1.82) is 5.26 Å². The molecule has 0 atom stereocenters. The number of hydrazine groups is 1. The molecule has 0 aliphatic heterocycles. The van der Waals surface area contributed by atoms with Crippen molar-refractivity contribution < 1.29 is 4.79 Å². The number of halogens is 2. The number of nitrogens with zero attached hydrogens (tertiary/aromatic N) is 2. The largest absolute Gasteiger partial charge is 0.321 e. The summed E-state index contributed by atoms with van der Waals surface area (Å²) in [6, 6.07) is 9.36. The van der Waals surface area contributed by atoms with Gasteiger partial charge in [-0.15, -0.1) is 0 Å². The van der Waals surface area contributed by atoms with Crippen LogP contribution in [0.3, 0.4) is 0 Å². The van der Waals surface area contributed by atoms with Gasteiger partial charge in [0.2, 0.25) is 0 Å². The SMILES string of the molecule is N#Cc1ccc(NC(=O)c2cc(Cl)nc(NN)c2)c(Cl)c1. The van der Waals surface area contributed by atoms with E-state index in [1.807, 2.05) is 6.07 Å². The lowest BCUT2D eigenvalue weighted by Crippen LogP contribution is -2.15. The summed E-state index contributed by atoms with van der Waals surface area (Å²) in [5.74, 6) is 5.08. The molecule has 2 aromatic rings. The summed E-state index contributed by atoms with van der Waals surface area (Å²) < 4.78 is 0. The lowest BCUT2D eigenvalue weighted by atomic mass is 10.2. The first-order valence-electron chi connectivity index (χ1n) is 5.68. The smallest absolute Gasteiger partial charge is 0.255 e. The molecule has 0 radical (unpaired) electrons. The Kier molecular flexibility index (Phi) is 4.60. The highest BCUT2D eigenvalue weighted by Crippen LogP contribution is 2.24. The van der Waals surface area contributed by atoms with Crippen molar-refractivity contribution in [2.75, 3.05) is 10.7 Å². The van der Waals surface area contributed by atoms with Gasteiger partial charge in [0.1, 0.15) is 11.0 Å². The third-order valence-corrected chi connectivity index (χ3v) is 3.06. The van der Waals surface area contributed by atoms with Gasteiger partial charge in [-0.3, -0.25) is 4.79 Å². The van der Waals surface area contributed by atoms with E-state index in [0.29, 0.717) is 11.3 Å². The van der Waals surface area contributed by atoms with Crippen molar-refractivity contribution in [2.45, 2.75) is 0 Å². The molecule has 1 amide bonds. The van der Waals surface area contributed by atoms with E-state index in [-0.39, 0.29) is 21.6 Å². The van der Waals surface area contributed by atoms with Gasteiger partial charge in [-0.2, -0.15) is 5.26 Å². The van der Waals surface area contributed by atoms with E-state index in [1.165, 1.54) is 18.2 Å². The second-order valence-corrected chi connectivity index (χ2v) is 4.76. The number of pyridine rings is 1. The maximum absolute atomic E-state index is 12.2. The molecule has 106 valence electrons. The van der Waals surface area contributed by atoms with Gasteiger partial charge in [-0.05, 0) is 30.3 Å². The van der Waals surface area contributed by atoms with Crippen LogP contribution in [-0.4, -0.2) is 10.9 Å². The number of carbonyl (C=O) groups is 1. The van der Waals surface area contributed by atoms with Crippen LogP contribution in [0.1, 0.15) is 15.9 Å². The molecule has 6 nitrogen and oxygen atoms in total. The highest BCUT2D eigenvalue weighted by atomic mass is 35.5. The number of nitrogens with one attached hydrogen (secondary N) is 2. The molecule has 2 rings (SSSR count). The summed E-state index contributed by atoms with van der Waals surface area (Å²) in [7, 11) is 0. The molecule has 1 heterocycles. The highest BCUT2D eigenvalue weighted by Gasteiger charge is 2.11. The van der Waals surface area contributed by atoms with Crippen LogP contribution in [0.15, 0.2) is 30.3 Å². The number of nitrogen functional groups attached to an aromatic ring is 1. The molecule has 0 aliphatic carbocycles. The Balaban J connectivity index is 2.26. The van der Waals surface area contributed by atoms with Gasteiger partial charge in [0.25, 0.3) is 5.91 Å². The fourth-order valence-corrected chi connectivity index (χ4v) is 2.02. The van der Waals surface area contributed by atoms with E-state index >= 15 is 0 Å². The normalized spacial score (nSPS) is 9.81. The Bertz CT molecular complexity index is 742. The van der Waals surface area contributed by atoms with Crippen LogP contribution >= 0.6 is 23.2 Å². The Morgan fingerprint density at radius 2 is 2.05 bits per heavy atom. The standard InChI is InChI=1S/C13H9Cl2N5O/c14-9-3-7(6-16)1-2-10(9)18-13(21)8-4-11(15)19-12(5-8)20-17/h1-5H,17H2,(H,18,21)(H,19,20). The molecule has 21 heavy (non-hydrogen) atoms. The predicted octanol–water partition coefficient (Wildman–Crippen LogP) is 2.80. The van der Waals surface area contributed by atoms with Crippen LogP contribution < -0.4 is 16.6 Å². The molecule has 1 aromatic heterocycles. The van der Waals surface area contributed by atoms with Gasteiger partial charge >= 0.3 is 0 Å². The first kappa shape index (κ1) is 15.1. The zero-order valence-corrected chi connectivity index (χ0v) is 12.0. The maximum Gasteiger partial charge on any atom is 0.255 e. The zero-order chi connectivity index (χ0) is 15.4. The number of hydrogen-bond acceptors (Lipinski definition) is 5. The van der Waals surface area contributed by atoms with Gasteiger partial charge < -0.3 is 10.7 Å². The minimum absolute atomic E-state index is 0.126. The van der Waals surface area contributed by atoms with Gasteiger partial charge in [0, 0.05) is 5.56 Å². The number of hydrogen-bond donors (Lipinski definition) is 3. The minimum atomic E-state index is -0.428. The number of aromatic nitrogens is 1. The van der Waals surface area contributed by atoms with E-state index in [2.05, 4.69) is 15.7 Å². The summed E-state index contributed by atoms with van der Waals surface area (Å²) in [6.07, 6.45) is 0. The molecule has 0 bridgehead atoms. The first-order chi connectivity index (χ1) is 10.0. The molecule has 0 saturated carbocycles. The van der Waals surface area contributed by atoms with Gasteiger partial charge in [0.15, 0.2) is 0 Å². The maximum atomic E-state index is 12.2. The van der Waals surface area contributed by atoms with Crippen LogP contribution in [-0.2, 0) is 0 Å². The number of nitriles is 1. The summed E-state index contributed by atoms with van der Waals surface area (Å²) >= 11 is 11.8. The van der Waals surface area contributed by atoms with E-state index in [4.69, 9.17) is 34.3 Å². The first-order valence-corrected chi connectivity index (χ1v) is 6.44. The summed E-state index contributed by atoms with van der Waals surface area (Å²) in [5.41, 5.74) is 3.37. The van der Waals surface area contributed by atoms with Crippen molar-refractivity contribution in [1.82, 2.24) is 4.98 Å². The fraction of sp³-hybridized carbons (Fsp3) is 0. The third kappa shape index (κ3) is 3.61. The van der Waals surface area contributed by atoms with Crippen molar-refractivity contribution in [3.63, 3.8) is 0 Å². The van der Waals surface area contributed by atoms with Gasteiger partial charge in [-0.25, -0.2) is 10.8 Å². The van der Waals surface area contributed by atoms with Crippen LogP contribution in [0.25, 0.3) is 0 Å². The van der Waals surface area contributed by atoms with Crippen LogP contribution in [0, 0.1) is 11.3 Å². The Morgan fingerprint density at radius 1 is 1.29 bits per heavy atom. The molecule has 0 aliphatic rings. The zero-order valence-electron chi connectivity index (χ0n) is 10.5. The second-order valence-electron chi connectivity index (χ2n) is 3.97. The van der Waals surface area contributed by atoms with Gasteiger partial charge in [0.05, 0.1) is 22.3 Å². The second kappa shape index (κ2) is 6.41. The molecular weight excluding hydrogens is 313 g/mol. The molecule has 4 N–H and O–H groups in total. The molecule has 8 heteroatoms. The van der Waals surface area contributed by atoms with Crippen molar-refractivity contribution in [3.8, 4) is 6.07 Å². The monoisotopic (exact) mass is 321 g/mol. The molecule has 1 aromatic carbocycles. The summed E-state index contributed by atoms with van der Waals surface area (Å²) in [5, 5.41) is 11.8. The van der Waals surface area contributed by atoms with E-state index < -0.39 is 5.91 Å². The summed E-state index contributed by atoms with van der Waals surface area (Å²) in [4.78, 5) is 16.0. The van der Waals surface area contributed by atoms with Crippen LogP contribution in [0.5, 0.6) is 0 Å². The number of amides is 1. The average molecular weight is 322 g/mol. The lowest BCUT2D eigenvalue weighted by Gasteiger charge is -2.09. The topological polar surface area (TPSA) is 104 Å². The molecule has 0 spiro atoms. The van der Waals surface area contributed by atoms with Crippen LogP contribution in [0.2, 0.25) is 10.2 Å². The molecule has 0 fully saturated rings. The van der Waals surface area contributed by atoms with Crippen LogP contribution in [0.4, 0.5) is 11.5 Å². The minimum Gasteiger partial charge on any atom is -0.321 e. The highest BCUT2D eigenvalue weighted by molar-refractivity contribution is 6.34. The average Bonchev–Trinajstić information content (AvgIpc) is 2.48. The summed E-state index contributed by atoms with van der Waals surface area (Å²) in [6.45, 7) is 0. The number of benzene rings is 1. The molecular formula is C13H9Cl2N5O. The number of nitrogens with two attached hydrogens (primary N) is 1. The van der Waals surface area contributed by atoms with Crippen molar-refractivity contribution >= 4 is 40.6 Å². The van der Waals surface area contributed by atoms with Crippen molar-refractivity contribution in [3.05, 3.63) is 51.6 Å². The van der Waals surface area contributed by atoms with E-state index in [1.54, 1.807) is 12.1 Å². The number of anilines is 2. The Labute approximate surface area is 130 Å². The number of rotatable bonds is 3. The fourth-order valence-electron chi connectivity index (χ4n) is 1.58. The molecule has 0 unspecified atom stereocenters.